The van der Waals surface area contributed by atoms with Gasteiger partial charge in [-0.2, -0.15) is 0 Å². The number of likely N-dealkylation sites (tertiary alicyclic amines) is 1. The van der Waals surface area contributed by atoms with Crippen LogP contribution in [0, 0.1) is 5.92 Å². The van der Waals surface area contributed by atoms with Crippen LogP contribution in [0.25, 0.3) is 0 Å². The summed E-state index contributed by atoms with van der Waals surface area (Å²) in [5.41, 5.74) is 2.48. The standard InChI is InChI=1S/C34H36N2O4/c37-27-14-13-25-19-28-34(39)16-15-26(35-32(38)24-9-5-2-6-10-24)31-33(34,29(25)30(27)40-31)17-18-36(28,21-23-11-12-23)20-22-7-3-1-4-8-22/h1-10,13-14,23,26,28,31,39H,11-12,15-21H2,(H-,35,37,38)/p+1/t26-,28-,31+,33?,34-,36+/m1/s1. The fraction of sp³-hybridized carbons (Fsp3) is 0.441. The largest absolute Gasteiger partial charge is 0.504 e. The second-order valence-electron chi connectivity index (χ2n) is 13.0. The number of nitrogens with zero attached hydrogens (tertiary/aromatic N) is 1. The number of carbonyl (C=O) groups excluding carboxylic acids is 1. The molecule has 3 N–H and O–H groups in total. The van der Waals surface area contributed by atoms with Crippen LogP contribution >= 0.6 is 0 Å². The number of rotatable bonds is 6. The number of amides is 1. The van der Waals surface area contributed by atoms with Gasteiger partial charge in [0.25, 0.3) is 5.91 Å². The lowest BCUT2D eigenvalue weighted by Crippen LogP contribution is -2.82. The summed E-state index contributed by atoms with van der Waals surface area (Å²) in [4.78, 5) is 13.3. The zero-order chi connectivity index (χ0) is 27.1. The van der Waals surface area contributed by atoms with Crippen molar-refractivity contribution >= 4 is 5.91 Å². The fourth-order valence-electron chi connectivity index (χ4n) is 9.15. The minimum atomic E-state index is -0.987. The number of aromatic hydroxyl groups is 1. The van der Waals surface area contributed by atoms with Crippen molar-refractivity contribution in [1.29, 1.82) is 0 Å². The number of phenolic OH excluding ortho intramolecular Hbond substituents is 1. The summed E-state index contributed by atoms with van der Waals surface area (Å²) in [6, 6.07) is 23.7. The molecule has 5 aliphatic rings. The van der Waals surface area contributed by atoms with Crippen LogP contribution in [0.2, 0.25) is 0 Å². The number of ether oxygens (including phenoxy) is 1. The third-order valence-electron chi connectivity index (χ3n) is 11.0. The zero-order valence-electron chi connectivity index (χ0n) is 22.8. The van der Waals surface area contributed by atoms with E-state index < -0.39 is 17.1 Å². The van der Waals surface area contributed by atoms with E-state index in [9.17, 15) is 15.0 Å². The van der Waals surface area contributed by atoms with Gasteiger partial charge in [0.2, 0.25) is 0 Å². The van der Waals surface area contributed by atoms with E-state index >= 15 is 0 Å². The van der Waals surface area contributed by atoms with Crippen molar-refractivity contribution in [2.24, 2.45) is 5.92 Å². The molecule has 206 valence electrons. The van der Waals surface area contributed by atoms with Crippen LogP contribution in [-0.4, -0.2) is 57.5 Å². The normalized spacial score (nSPS) is 35.0. The molecule has 3 fully saturated rings. The van der Waals surface area contributed by atoms with Crippen molar-refractivity contribution in [2.75, 3.05) is 13.1 Å². The smallest absolute Gasteiger partial charge is 0.251 e. The van der Waals surface area contributed by atoms with E-state index in [0.717, 1.165) is 48.4 Å². The fourth-order valence-corrected chi connectivity index (χ4v) is 9.15. The van der Waals surface area contributed by atoms with E-state index in [2.05, 4.69) is 41.7 Å². The highest BCUT2D eigenvalue weighted by Crippen LogP contribution is 2.67. The van der Waals surface area contributed by atoms with Crippen LogP contribution in [0.4, 0.5) is 0 Å². The summed E-state index contributed by atoms with van der Waals surface area (Å²) in [5, 5.41) is 27.4. The molecule has 2 heterocycles. The first-order chi connectivity index (χ1) is 19.4. The maximum atomic E-state index is 13.3. The van der Waals surface area contributed by atoms with Gasteiger partial charge in [-0.25, -0.2) is 0 Å². The summed E-state index contributed by atoms with van der Waals surface area (Å²) in [5.74, 6) is 1.24. The molecule has 8 rings (SSSR count). The monoisotopic (exact) mass is 537 g/mol. The highest BCUT2D eigenvalue weighted by Gasteiger charge is 2.77. The lowest BCUT2D eigenvalue weighted by atomic mass is 9.47. The summed E-state index contributed by atoms with van der Waals surface area (Å²) in [7, 11) is 0. The molecule has 3 aromatic carbocycles. The van der Waals surface area contributed by atoms with Crippen molar-refractivity contribution in [2.45, 2.75) is 74.3 Å². The Kier molecular flexibility index (Phi) is 5.24. The molecule has 6 nitrogen and oxygen atoms in total. The minimum absolute atomic E-state index is 0.0296. The molecule has 0 aromatic heterocycles. The first-order valence-electron chi connectivity index (χ1n) is 14.9. The molecule has 6 atom stereocenters. The number of aliphatic hydroxyl groups is 1. The number of quaternary nitrogens is 1. The van der Waals surface area contributed by atoms with Gasteiger partial charge in [0, 0.05) is 35.4 Å². The number of benzene rings is 3. The van der Waals surface area contributed by atoms with Crippen LogP contribution < -0.4 is 10.1 Å². The van der Waals surface area contributed by atoms with Gasteiger partial charge in [0.1, 0.15) is 24.3 Å². The molecule has 0 radical (unpaired) electrons. The third-order valence-corrected chi connectivity index (χ3v) is 11.0. The van der Waals surface area contributed by atoms with Gasteiger partial charge in [0.15, 0.2) is 11.5 Å². The Morgan fingerprint density at radius 3 is 2.48 bits per heavy atom. The molecule has 1 unspecified atom stereocenters. The van der Waals surface area contributed by atoms with Gasteiger partial charge in [-0.15, -0.1) is 0 Å². The molecule has 2 saturated carbocycles. The molecule has 2 aliphatic heterocycles. The van der Waals surface area contributed by atoms with E-state index in [1.807, 2.05) is 30.3 Å². The van der Waals surface area contributed by atoms with Gasteiger partial charge < -0.3 is 24.7 Å². The SMILES string of the molecule is O=C(N[C@@H]1CC[C@@]2(O)[C@H]3Cc4ccc(O)c5c4C2(CC[N@+]3(Cc2ccccc2)CC2CC2)[C@H]1O5)c1ccccc1. The van der Waals surface area contributed by atoms with Crippen molar-refractivity contribution < 1.29 is 24.2 Å². The van der Waals surface area contributed by atoms with Gasteiger partial charge in [-0.1, -0.05) is 54.6 Å². The molecule has 40 heavy (non-hydrogen) atoms. The first kappa shape index (κ1) is 24.4. The molecule has 1 amide bonds. The van der Waals surface area contributed by atoms with Crippen molar-refractivity contribution in [3.8, 4) is 11.5 Å². The average molecular weight is 538 g/mol. The number of carbonyl (C=O) groups is 1. The van der Waals surface area contributed by atoms with Crippen LogP contribution in [-0.2, 0) is 18.4 Å². The Balaban J connectivity index is 1.24. The molecular weight excluding hydrogens is 500 g/mol. The molecule has 3 aromatic rings. The average Bonchev–Trinajstić information content (AvgIpc) is 3.70. The predicted molar refractivity (Wildman–Crippen MR) is 151 cm³/mol. The number of hydrogen-bond donors (Lipinski definition) is 3. The third kappa shape index (κ3) is 3.32. The number of nitrogens with one attached hydrogen (secondary N) is 1. The lowest BCUT2D eigenvalue weighted by molar-refractivity contribution is -0.979. The highest BCUT2D eigenvalue weighted by molar-refractivity contribution is 5.94. The van der Waals surface area contributed by atoms with E-state index in [1.54, 1.807) is 6.07 Å². The summed E-state index contributed by atoms with van der Waals surface area (Å²) in [6.07, 6.45) is 4.91. The van der Waals surface area contributed by atoms with Gasteiger partial charge in [0.05, 0.1) is 24.5 Å². The number of hydrogen-bond acceptors (Lipinski definition) is 4. The first-order valence-corrected chi connectivity index (χ1v) is 14.9. The topological polar surface area (TPSA) is 78.8 Å². The highest BCUT2D eigenvalue weighted by atomic mass is 16.5. The molecule has 1 spiro atoms. The van der Waals surface area contributed by atoms with E-state index in [4.69, 9.17) is 4.74 Å². The second-order valence-corrected chi connectivity index (χ2v) is 13.0. The van der Waals surface area contributed by atoms with Gasteiger partial charge in [-0.05, 0) is 49.4 Å². The zero-order valence-corrected chi connectivity index (χ0v) is 22.8. The Morgan fingerprint density at radius 2 is 1.73 bits per heavy atom. The number of phenols is 1. The number of piperidine rings is 1. The van der Waals surface area contributed by atoms with Gasteiger partial charge in [-0.3, -0.25) is 4.79 Å². The maximum absolute atomic E-state index is 13.3. The van der Waals surface area contributed by atoms with Crippen molar-refractivity contribution in [3.05, 3.63) is 95.1 Å². The minimum Gasteiger partial charge on any atom is -0.504 e. The van der Waals surface area contributed by atoms with Crippen LogP contribution in [0.1, 0.15) is 59.2 Å². The molecule has 1 saturated heterocycles. The van der Waals surface area contributed by atoms with Crippen LogP contribution in [0.5, 0.6) is 11.5 Å². The van der Waals surface area contributed by atoms with Crippen LogP contribution in [0.3, 0.4) is 0 Å². The Bertz CT molecular complexity index is 1470. The Hall–Kier alpha value is -3.35. The molecular formula is C34H37N2O4+. The maximum Gasteiger partial charge on any atom is 0.251 e. The van der Waals surface area contributed by atoms with E-state index in [1.165, 1.54) is 24.0 Å². The summed E-state index contributed by atoms with van der Waals surface area (Å²) in [6.45, 7) is 2.96. The lowest BCUT2D eigenvalue weighted by Gasteiger charge is -2.66. The molecule has 6 heteroatoms. The van der Waals surface area contributed by atoms with Crippen LogP contribution in [0.15, 0.2) is 72.8 Å². The predicted octanol–water partition coefficient (Wildman–Crippen LogP) is 4.47. The Labute approximate surface area is 235 Å². The molecule has 3 aliphatic carbocycles. The Morgan fingerprint density at radius 1 is 0.975 bits per heavy atom. The van der Waals surface area contributed by atoms with E-state index in [-0.39, 0.29) is 23.7 Å². The summed E-state index contributed by atoms with van der Waals surface area (Å²) >= 11 is 0. The quantitative estimate of drug-likeness (QED) is 0.406. The van der Waals surface area contributed by atoms with E-state index in [0.29, 0.717) is 24.2 Å². The second kappa shape index (κ2) is 8.58. The molecule has 2 bridgehead atoms. The summed E-state index contributed by atoms with van der Waals surface area (Å²) < 4.78 is 7.57. The van der Waals surface area contributed by atoms with Crippen molar-refractivity contribution in [1.82, 2.24) is 5.32 Å². The van der Waals surface area contributed by atoms with Gasteiger partial charge >= 0.3 is 0 Å². The van der Waals surface area contributed by atoms with Crippen molar-refractivity contribution in [3.63, 3.8) is 0 Å².